The molecule has 0 amide bonds. The number of nitrogens with one attached hydrogen (secondary N) is 2. The lowest BCUT2D eigenvalue weighted by atomic mass is 10.2. The van der Waals surface area contributed by atoms with Gasteiger partial charge in [-0.25, -0.2) is 0 Å². The van der Waals surface area contributed by atoms with Crippen LogP contribution in [0.2, 0.25) is 0 Å². The third-order valence-corrected chi connectivity index (χ3v) is 2.29. The molecule has 1 aromatic carbocycles. The molecule has 68 valence electrons. The van der Waals surface area contributed by atoms with E-state index in [1.807, 2.05) is 36.5 Å². The molecule has 0 unspecified atom stereocenters. The number of hydrogen-bond donors (Lipinski definition) is 2. The van der Waals surface area contributed by atoms with Crippen LogP contribution in [0, 0.1) is 0 Å². The standard InChI is InChI=1S/C11H9N3/c1-2-4-9-8(3-1)13-10-5-6-12-7-11(10)14-9/h1-7,13-14H. The van der Waals surface area contributed by atoms with Crippen molar-refractivity contribution in [2.24, 2.45) is 0 Å². The zero-order chi connectivity index (χ0) is 9.38. The van der Waals surface area contributed by atoms with Gasteiger partial charge in [-0.2, -0.15) is 0 Å². The zero-order valence-electron chi connectivity index (χ0n) is 7.49. The summed E-state index contributed by atoms with van der Waals surface area (Å²) in [4.78, 5) is 4.07. The first kappa shape index (κ1) is 7.38. The highest BCUT2D eigenvalue weighted by Crippen LogP contribution is 2.36. The van der Waals surface area contributed by atoms with Crippen LogP contribution >= 0.6 is 0 Å². The molecule has 3 nitrogen and oxygen atoms in total. The Hall–Kier alpha value is -2.03. The van der Waals surface area contributed by atoms with Gasteiger partial charge in [-0.1, -0.05) is 12.1 Å². The van der Waals surface area contributed by atoms with Crippen molar-refractivity contribution in [1.82, 2.24) is 4.98 Å². The molecule has 1 aliphatic rings. The van der Waals surface area contributed by atoms with Gasteiger partial charge in [0.05, 0.1) is 28.9 Å². The minimum absolute atomic E-state index is 1.02. The molecule has 0 radical (unpaired) electrons. The van der Waals surface area contributed by atoms with Gasteiger partial charge in [-0.3, -0.25) is 4.98 Å². The van der Waals surface area contributed by atoms with Crippen LogP contribution in [0.1, 0.15) is 0 Å². The van der Waals surface area contributed by atoms with Crippen molar-refractivity contribution < 1.29 is 0 Å². The average Bonchev–Trinajstić information content (AvgIpc) is 2.26. The Bertz CT molecular complexity index is 392. The molecule has 1 aliphatic heterocycles. The van der Waals surface area contributed by atoms with Crippen molar-refractivity contribution in [2.75, 3.05) is 10.6 Å². The second kappa shape index (κ2) is 2.73. The van der Waals surface area contributed by atoms with Crippen LogP contribution in [0.15, 0.2) is 42.7 Å². The summed E-state index contributed by atoms with van der Waals surface area (Å²) in [5.41, 5.74) is 4.28. The van der Waals surface area contributed by atoms with Gasteiger partial charge in [0, 0.05) is 6.20 Å². The molecule has 3 heteroatoms. The van der Waals surface area contributed by atoms with Crippen molar-refractivity contribution in [1.29, 1.82) is 0 Å². The maximum Gasteiger partial charge on any atom is 0.0810 e. The van der Waals surface area contributed by atoms with E-state index >= 15 is 0 Å². The fraction of sp³-hybridized carbons (Fsp3) is 0. The first-order valence-electron chi connectivity index (χ1n) is 4.50. The van der Waals surface area contributed by atoms with Crippen LogP contribution in [-0.2, 0) is 0 Å². The lowest BCUT2D eigenvalue weighted by Crippen LogP contribution is -2.05. The van der Waals surface area contributed by atoms with Crippen LogP contribution < -0.4 is 10.6 Å². The number of nitrogens with zero attached hydrogens (tertiary/aromatic N) is 1. The van der Waals surface area contributed by atoms with E-state index < -0.39 is 0 Å². The zero-order valence-corrected chi connectivity index (χ0v) is 7.49. The fourth-order valence-corrected chi connectivity index (χ4v) is 1.59. The van der Waals surface area contributed by atoms with Gasteiger partial charge in [0.15, 0.2) is 0 Å². The molecule has 0 bridgehead atoms. The van der Waals surface area contributed by atoms with E-state index in [1.54, 1.807) is 6.20 Å². The first-order chi connectivity index (χ1) is 6.93. The summed E-state index contributed by atoms with van der Waals surface area (Å²) in [5, 5.41) is 6.65. The molecule has 0 saturated heterocycles. The Morgan fingerprint density at radius 2 is 1.43 bits per heavy atom. The second-order valence-electron chi connectivity index (χ2n) is 3.22. The third kappa shape index (κ3) is 1.03. The molecule has 0 saturated carbocycles. The second-order valence-corrected chi connectivity index (χ2v) is 3.22. The number of rotatable bonds is 0. The molecule has 0 aliphatic carbocycles. The normalized spacial score (nSPS) is 12.0. The number of benzene rings is 1. The summed E-state index contributed by atoms with van der Waals surface area (Å²) in [7, 11) is 0. The summed E-state index contributed by atoms with van der Waals surface area (Å²) >= 11 is 0. The summed E-state index contributed by atoms with van der Waals surface area (Å²) in [5.74, 6) is 0. The minimum atomic E-state index is 1.02. The van der Waals surface area contributed by atoms with Gasteiger partial charge in [0.25, 0.3) is 0 Å². The maximum atomic E-state index is 4.07. The number of aromatic nitrogens is 1. The molecule has 14 heavy (non-hydrogen) atoms. The predicted molar refractivity (Wildman–Crippen MR) is 57.2 cm³/mol. The molecule has 0 spiro atoms. The van der Waals surface area contributed by atoms with E-state index in [0.29, 0.717) is 0 Å². The van der Waals surface area contributed by atoms with Crippen molar-refractivity contribution in [3.63, 3.8) is 0 Å². The number of hydrogen-bond acceptors (Lipinski definition) is 3. The summed E-state index contributed by atoms with van der Waals surface area (Å²) < 4.78 is 0. The Morgan fingerprint density at radius 1 is 0.786 bits per heavy atom. The van der Waals surface area contributed by atoms with Gasteiger partial charge in [0.1, 0.15) is 0 Å². The van der Waals surface area contributed by atoms with E-state index in [9.17, 15) is 0 Å². The molecule has 0 atom stereocenters. The average molecular weight is 183 g/mol. The van der Waals surface area contributed by atoms with Crippen molar-refractivity contribution in [2.45, 2.75) is 0 Å². The molecular formula is C11H9N3. The van der Waals surface area contributed by atoms with E-state index in [-0.39, 0.29) is 0 Å². The lowest BCUT2D eigenvalue weighted by Gasteiger charge is -2.21. The third-order valence-electron chi connectivity index (χ3n) is 2.29. The van der Waals surface area contributed by atoms with Crippen molar-refractivity contribution in [3.8, 4) is 0 Å². The highest BCUT2D eigenvalue weighted by molar-refractivity contribution is 5.89. The largest absolute Gasteiger partial charge is 0.352 e. The molecule has 2 aromatic rings. The van der Waals surface area contributed by atoms with Crippen LogP contribution in [0.25, 0.3) is 0 Å². The van der Waals surface area contributed by atoms with Crippen LogP contribution in [0.3, 0.4) is 0 Å². The van der Waals surface area contributed by atoms with Crippen LogP contribution in [-0.4, -0.2) is 4.98 Å². The maximum absolute atomic E-state index is 4.07. The quantitative estimate of drug-likeness (QED) is 0.562. The SMILES string of the molecule is c1ccc2c(c1)Nc1ccncc1N2. The van der Waals surface area contributed by atoms with Crippen molar-refractivity contribution in [3.05, 3.63) is 42.7 Å². The molecule has 0 fully saturated rings. The molecule has 3 rings (SSSR count). The number of fused-ring (bicyclic) bond motifs is 2. The molecule has 2 heterocycles. The monoisotopic (exact) mass is 183 g/mol. The number of pyridine rings is 1. The Kier molecular flexibility index (Phi) is 1.44. The number of anilines is 4. The smallest absolute Gasteiger partial charge is 0.0810 e. The number of para-hydroxylation sites is 2. The first-order valence-corrected chi connectivity index (χ1v) is 4.50. The fourth-order valence-electron chi connectivity index (χ4n) is 1.59. The Morgan fingerprint density at radius 3 is 2.21 bits per heavy atom. The predicted octanol–water partition coefficient (Wildman–Crippen LogP) is 2.88. The van der Waals surface area contributed by atoms with Crippen LogP contribution in [0.4, 0.5) is 22.7 Å². The van der Waals surface area contributed by atoms with E-state index in [4.69, 9.17) is 0 Å². The highest BCUT2D eigenvalue weighted by atomic mass is 15.0. The van der Waals surface area contributed by atoms with Gasteiger partial charge in [-0.05, 0) is 18.2 Å². The summed E-state index contributed by atoms with van der Waals surface area (Å²) in [6.45, 7) is 0. The van der Waals surface area contributed by atoms with Gasteiger partial charge >= 0.3 is 0 Å². The minimum Gasteiger partial charge on any atom is -0.352 e. The van der Waals surface area contributed by atoms with E-state index in [2.05, 4.69) is 15.6 Å². The highest BCUT2D eigenvalue weighted by Gasteiger charge is 2.12. The van der Waals surface area contributed by atoms with Crippen LogP contribution in [0.5, 0.6) is 0 Å². The Labute approximate surface area is 81.8 Å². The van der Waals surface area contributed by atoms with E-state index in [0.717, 1.165) is 22.7 Å². The molecule has 2 N–H and O–H groups in total. The van der Waals surface area contributed by atoms with E-state index in [1.165, 1.54) is 0 Å². The molecular weight excluding hydrogens is 174 g/mol. The summed E-state index contributed by atoms with van der Waals surface area (Å²) in [6, 6.07) is 10.1. The summed E-state index contributed by atoms with van der Waals surface area (Å²) in [6.07, 6.45) is 3.60. The lowest BCUT2D eigenvalue weighted by molar-refractivity contribution is 1.30. The topological polar surface area (TPSA) is 37.0 Å². The van der Waals surface area contributed by atoms with Gasteiger partial charge < -0.3 is 10.6 Å². The van der Waals surface area contributed by atoms with Gasteiger partial charge in [0.2, 0.25) is 0 Å². The van der Waals surface area contributed by atoms with Crippen molar-refractivity contribution >= 4 is 22.7 Å². The molecule has 1 aromatic heterocycles. The Balaban J connectivity index is 2.12. The van der Waals surface area contributed by atoms with Gasteiger partial charge in [-0.15, -0.1) is 0 Å².